The monoisotopic (exact) mass is 603 g/mol. The predicted molar refractivity (Wildman–Crippen MR) is 137 cm³/mol. The Bertz CT molecular complexity index is 1520. The number of nitrogens with zero attached hydrogens (tertiary/aromatic N) is 3. The second-order valence-corrected chi connectivity index (χ2v) is 9.67. The second-order valence-electron chi connectivity index (χ2n) is 7.46. The van der Waals surface area contributed by atoms with E-state index in [1.54, 1.807) is 31.2 Å². The normalized spacial score (nSPS) is 12.6. The van der Waals surface area contributed by atoms with Crippen molar-refractivity contribution in [2.45, 2.75) is 13.5 Å². The Balaban J connectivity index is 1.48. The van der Waals surface area contributed by atoms with Crippen molar-refractivity contribution in [1.82, 2.24) is 9.66 Å². The number of fused-ring (bicyclic) bond motifs is 2. The highest BCUT2D eigenvalue weighted by Gasteiger charge is 2.15. The lowest BCUT2D eigenvalue weighted by Gasteiger charge is -2.13. The minimum atomic E-state index is -0.274. The van der Waals surface area contributed by atoms with Crippen LogP contribution in [0.15, 0.2) is 67.4 Å². The van der Waals surface area contributed by atoms with E-state index < -0.39 is 0 Å². The van der Waals surface area contributed by atoms with Crippen molar-refractivity contribution >= 4 is 60.6 Å². The number of hydrogen-bond donors (Lipinski definition) is 0. The number of ether oxygens (including phenoxy) is 3. The van der Waals surface area contributed by atoms with Crippen LogP contribution < -0.4 is 19.8 Å². The van der Waals surface area contributed by atoms with E-state index in [4.69, 9.17) is 25.8 Å². The summed E-state index contributed by atoms with van der Waals surface area (Å²) in [4.78, 5) is 17.5. The summed E-state index contributed by atoms with van der Waals surface area (Å²) >= 11 is 13.2. The SMILES string of the molecule is Cc1nc2ccc(Br)cc2c(=O)n1N=Cc1cc(Cl)cc(Br)c1OCc1ccc2c(c1)OCO2. The summed E-state index contributed by atoms with van der Waals surface area (Å²) in [6.07, 6.45) is 1.53. The Morgan fingerprint density at radius 1 is 1.15 bits per heavy atom. The molecule has 0 radical (unpaired) electrons. The van der Waals surface area contributed by atoms with Gasteiger partial charge in [-0.15, -0.1) is 0 Å². The third-order valence-corrected chi connectivity index (χ3v) is 6.44. The Hall–Kier alpha value is -2.88. The van der Waals surface area contributed by atoms with Gasteiger partial charge in [-0.1, -0.05) is 33.6 Å². The fourth-order valence-electron chi connectivity index (χ4n) is 3.53. The average Bonchev–Trinajstić information content (AvgIpc) is 3.27. The van der Waals surface area contributed by atoms with Crippen molar-refractivity contribution in [3.63, 3.8) is 0 Å². The highest BCUT2D eigenvalue weighted by molar-refractivity contribution is 9.10. The molecule has 4 aromatic rings. The van der Waals surface area contributed by atoms with Gasteiger partial charge in [0.25, 0.3) is 5.56 Å². The summed E-state index contributed by atoms with van der Waals surface area (Å²) in [5, 5.41) is 5.36. The molecule has 0 N–H and O–H groups in total. The van der Waals surface area contributed by atoms with Crippen LogP contribution in [0.2, 0.25) is 5.02 Å². The van der Waals surface area contributed by atoms with E-state index in [9.17, 15) is 4.79 Å². The zero-order valence-corrected chi connectivity index (χ0v) is 21.6. The molecule has 1 aliphatic heterocycles. The molecule has 7 nitrogen and oxygen atoms in total. The predicted octanol–water partition coefficient (Wildman–Crippen LogP) is 6.07. The van der Waals surface area contributed by atoms with Crippen LogP contribution in [0.4, 0.5) is 0 Å². The molecule has 172 valence electrons. The fourth-order valence-corrected chi connectivity index (χ4v) is 4.84. The summed E-state index contributed by atoms with van der Waals surface area (Å²) in [5.74, 6) is 2.39. The van der Waals surface area contributed by atoms with E-state index in [-0.39, 0.29) is 19.0 Å². The molecule has 2 heterocycles. The van der Waals surface area contributed by atoms with E-state index >= 15 is 0 Å². The smallest absolute Gasteiger partial charge is 0.282 e. The minimum absolute atomic E-state index is 0.211. The number of rotatable bonds is 5. The highest BCUT2D eigenvalue weighted by atomic mass is 79.9. The maximum absolute atomic E-state index is 13.0. The van der Waals surface area contributed by atoms with Crippen molar-refractivity contribution in [1.29, 1.82) is 0 Å². The van der Waals surface area contributed by atoms with Gasteiger partial charge >= 0.3 is 0 Å². The summed E-state index contributed by atoms with van der Waals surface area (Å²) in [6, 6.07) is 14.4. The summed E-state index contributed by atoms with van der Waals surface area (Å²) in [7, 11) is 0. The van der Waals surface area contributed by atoms with Gasteiger partial charge in [-0.3, -0.25) is 4.79 Å². The maximum atomic E-state index is 13.0. The first kappa shape index (κ1) is 22.9. The van der Waals surface area contributed by atoms with Gasteiger partial charge in [0.2, 0.25) is 6.79 Å². The first-order chi connectivity index (χ1) is 16.4. The molecule has 1 aromatic heterocycles. The minimum Gasteiger partial charge on any atom is -0.487 e. The third kappa shape index (κ3) is 4.55. The van der Waals surface area contributed by atoms with Crippen molar-refractivity contribution in [2.24, 2.45) is 5.10 Å². The molecule has 0 bridgehead atoms. The van der Waals surface area contributed by atoms with Crippen molar-refractivity contribution in [2.75, 3.05) is 6.79 Å². The van der Waals surface area contributed by atoms with Gasteiger partial charge in [0.1, 0.15) is 18.2 Å². The lowest BCUT2D eigenvalue weighted by atomic mass is 10.2. The number of halogens is 3. The van der Waals surface area contributed by atoms with Gasteiger partial charge in [0.15, 0.2) is 11.5 Å². The largest absolute Gasteiger partial charge is 0.487 e. The van der Waals surface area contributed by atoms with E-state index in [2.05, 4.69) is 41.9 Å². The van der Waals surface area contributed by atoms with Crippen LogP contribution in [0.25, 0.3) is 10.9 Å². The molecule has 0 unspecified atom stereocenters. The zero-order chi connectivity index (χ0) is 23.8. The summed E-state index contributed by atoms with van der Waals surface area (Å²) < 4.78 is 19.6. The van der Waals surface area contributed by atoms with Crippen LogP contribution in [-0.4, -0.2) is 22.7 Å². The Morgan fingerprint density at radius 3 is 2.82 bits per heavy atom. The third-order valence-electron chi connectivity index (χ3n) is 5.14. The quantitative estimate of drug-likeness (QED) is 0.258. The van der Waals surface area contributed by atoms with Crippen LogP contribution in [0.5, 0.6) is 17.2 Å². The molecule has 0 atom stereocenters. The maximum Gasteiger partial charge on any atom is 0.282 e. The zero-order valence-electron chi connectivity index (χ0n) is 17.7. The molecule has 0 fully saturated rings. The highest BCUT2D eigenvalue weighted by Crippen LogP contribution is 2.35. The first-order valence-corrected chi connectivity index (χ1v) is 12.1. The van der Waals surface area contributed by atoms with Crippen LogP contribution in [-0.2, 0) is 6.61 Å². The molecule has 0 saturated carbocycles. The Morgan fingerprint density at radius 2 is 1.97 bits per heavy atom. The molecular formula is C24H16Br2ClN3O4. The summed E-state index contributed by atoms with van der Waals surface area (Å²) in [5.41, 5.74) is 1.84. The van der Waals surface area contributed by atoms with E-state index in [1.807, 2.05) is 24.3 Å². The summed E-state index contributed by atoms with van der Waals surface area (Å²) in [6.45, 7) is 2.22. The van der Waals surface area contributed by atoms with Crippen LogP contribution in [0.1, 0.15) is 17.0 Å². The molecule has 0 amide bonds. The number of aromatic nitrogens is 2. The van der Waals surface area contributed by atoms with Crippen molar-refractivity contribution < 1.29 is 14.2 Å². The fraction of sp³-hybridized carbons (Fsp3) is 0.125. The van der Waals surface area contributed by atoms with Gasteiger partial charge in [-0.05, 0) is 70.9 Å². The Labute approximate surface area is 216 Å². The van der Waals surface area contributed by atoms with Gasteiger partial charge in [-0.2, -0.15) is 9.78 Å². The molecule has 0 saturated heterocycles. The van der Waals surface area contributed by atoms with Crippen LogP contribution in [0, 0.1) is 6.92 Å². The molecule has 0 spiro atoms. The molecular weight excluding hydrogens is 590 g/mol. The van der Waals surface area contributed by atoms with E-state index in [0.717, 1.165) is 10.0 Å². The van der Waals surface area contributed by atoms with E-state index in [0.29, 0.717) is 49.0 Å². The first-order valence-electron chi connectivity index (χ1n) is 10.1. The number of aryl methyl sites for hydroxylation is 1. The Kier molecular flexibility index (Phi) is 6.33. The number of benzene rings is 3. The topological polar surface area (TPSA) is 74.9 Å². The number of hydrogen-bond acceptors (Lipinski definition) is 6. The molecule has 10 heteroatoms. The average molecular weight is 606 g/mol. The van der Waals surface area contributed by atoms with Gasteiger partial charge < -0.3 is 14.2 Å². The lowest BCUT2D eigenvalue weighted by molar-refractivity contribution is 0.174. The van der Waals surface area contributed by atoms with Gasteiger partial charge in [0, 0.05) is 15.1 Å². The molecule has 5 rings (SSSR count). The molecule has 1 aliphatic rings. The van der Waals surface area contributed by atoms with Gasteiger partial charge in [0.05, 0.1) is 21.6 Å². The standard InChI is InChI=1S/C24H16Br2ClN3O4/c1-13-29-20-4-3-16(25)8-18(20)24(31)30(13)28-10-15-7-17(27)9-19(26)23(15)32-11-14-2-5-21-22(6-14)34-12-33-21/h2-10H,11-12H2,1H3. The lowest BCUT2D eigenvalue weighted by Crippen LogP contribution is -2.20. The van der Waals surface area contributed by atoms with Crippen LogP contribution >= 0.6 is 43.5 Å². The second kappa shape index (κ2) is 9.40. The van der Waals surface area contributed by atoms with Gasteiger partial charge in [-0.25, -0.2) is 4.98 Å². The van der Waals surface area contributed by atoms with Crippen molar-refractivity contribution in [3.8, 4) is 17.2 Å². The van der Waals surface area contributed by atoms with Crippen LogP contribution in [0.3, 0.4) is 0 Å². The van der Waals surface area contributed by atoms with E-state index in [1.165, 1.54) is 10.9 Å². The molecule has 0 aliphatic carbocycles. The molecule has 34 heavy (non-hydrogen) atoms. The molecule has 3 aromatic carbocycles. The van der Waals surface area contributed by atoms with Crippen molar-refractivity contribution in [3.05, 3.63) is 89.8 Å².